The molecule has 0 saturated carbocycles. The van der Waals surface area contributed by atoms with Gasteiger partial charge in [0.1, 0.15) is 67.7 Å². The van der Waals surface area contributed by atoms with E-state index >= 15 is 0 Å². The number of benzene rings is 8. The van der Waals surface area contributed by atoms with Crippen LogP contribution in [0.3, 0.4) is 0 Å². The molecular formula is C56H48N8Na2O20S2. The van der Waals surface area contributed by atoms with Crippen LogP contribution in [-0.4, -0.2) is 124 Å². The number of carboxylic acids is 2. The van der Waals surface area contributed by atoms with E-state index in [1.807, 2.05) is 0 Å². The molecular weight excluding hydrogens is 1210 g/mol. The van der Waals surface area contributed by atoms with Crippen molar-refractivity contribution < 1.29 is 153 Å². The number of hydrogen-bond acceptors (Lipinski definition) is 24. The number of aromatic hydroxyl groups is 2. The average Bonchev–Trinajstić information content (AvgIpc) is 0.838. The molecule has 8 rings (SSSR count). The zero-order chi connectivity index (χ0) is 61.7. The van der Waals surface area contributed by atoms with Crippen molar-refractivity contribution in [2.45, 2.75) is 9.79 Å². The molecule has 0 atom stereocenters. The second-order valence-corrected chi connectivity index (χ2v) is 20.7. The summed E-state index contributed by atoms with van der Waals surface area (Å²) in [5.74, 6) is -4.92. The minimum absolute atomic E-state index is 0. The molecule has 0 fully saturated rings. The largest absolute Gasteiger partial charge is 1.00 e. The van der Waals surface area contributed by atoms with Gasteiger partial charge in [-0.3, -0.25) is 10.6 Å². The first-order chi connectivity index (χ1) is 41.1. The normalized spacial score (nSPS) is 11.4. The molecule has 0 spiro atoms. The second-order valence-electron chi connectivity index (χ2n) is 18.0. The van der Waals surface area contributed by atoms with E-state index in [9.17, 15) is 65.5 Å². The Balaban J connectivity index is 0.00000618. The number of phenolic OH excluding ortho intramolecular Hbond substituents is 2. The summed E-state index contributed by atoms with van der Waals surface area (Å²) in [5.41, 5.74) is 1.18. The van der Waals surface area contributed by atoms with Crippen LogP contribution in [0.5, 0.6) is 23.0 Å². The number of amides is 2. The van der Waals surface area contributed by atoms with Crippen LogP contribution in [0.15, 0.2) is 164 Å². The fourth-order valence-electron chi connectivity index (χ4n) is 8.05. The molecule has 0 heterocycles. The fraction of sp³-hybridized carbons (Fsp3) is 0.143. The van der Waals surface area contributed by atoms with Crippen LogP contribution < -0.4 is 89.9 Å². The maximum atomic E-state index is 12.7. The Bertz CT molecular complexity index is 3930. The number of ether oxygens (including phenoxy) is 6. The standard InChI is InChI=1S/C56H50N8O20S2.2Na/c1-79-19-21-81-55(71)59-37-9-5-35(6-10-37)57-39-13-15-41-33(23-39)27-47(85(73,74)75)51(53(41)69)63-61-43-17-3-31(25-45(43)83-29-49(65)66)32-4-18-44(46(26-32)84-30-50(67)68)62-64-52-48(86(76,77)78)28-34-24-40(14-16-42(34)54(52)70)58-36-7-11-38(12-8-36)60-56(72)82-22-20-80-2;;/h3-18,23-28,57-58,69-70H,19-22,29-30H2,1-2H3,(H,59,71)(H,60,72)(H,65,66)(H,67,68)(H,73,74,75)(H,76,77,78);;/q;2*+1/p-2. The van der Waals surface area contributed by atoms with Crippen molar-refractivity contribution in [1.82, 2.24) is 0 Å². The van der Waals surface area contributed by atoms with Gasteiger partial charge in [-0.15, -0.1) is 20.5 Å². The van der Waals surface area contributed by atoms with E-state index in [-0.39, 0.29) is 141 Å². The number of fused-ring (bicyclic) bond motifs is 2. The molecule has 88 heavy (non-hydrogen) atoms. The summed E-state index contributed by atoms with van der Waals surface area (Å²) in [6, 6.07) is 31.5. The number of nitrogens with zero attached hydrogens (tertiary/aromatic N) is 4. The third kappa shape index (κ3) is 18.3. The van der Waals surface area contributed by atoms with E-state index in [1.54, 1.807) is 48.5 Å². The molecule has 0 aliphatic carbocycles. The Hall–Kier alpha value is -8.50. The van der Waals surface area contributed by atoms with Gasteiger partial charge in [-0.25, -0.2) is 36.0 Å². The fourth-order valence-corrected chi connectivity index (χ4v) is 9.35. The predicted molar refractivity (Wildman–Crippen MR) is 307 cm³/mol. The van der Waals surface area contributed by atoms with E-state index in [0.29, 0.717) is 34.1 Å². The van der Waals surface area contributed by atoms with Gasteiger partial charge >= 0.3 is 83.2 Å². The third-order valence-corrected chi connectivity index (χ3v) is 13.7. The Labute approximate surface area is 544 Å². The first-order valence-corrected chi connectivity index (χ1v) is 27.8. The number of carboxylic acid groups (broad SMARTS) is 2. The van der Waals surface area contributed by atoms with Crippen LogP contribution in [0.2, 0.25) is 0 Å². The average molecular weight is 1260 g/mol. The summed E-state index contributed by atoms with van der Waals surface area (Å²) in [5, 5.41) is 69.5. The minimum Gasteiger partial charge on any atom is -0.744 e. The SMILES string of the molecule is COCCOC(=O)Nc1ccc(Nc2ccc3c(O)c(N=Nc4ccc(-c5ccc(N=Nc6c(S(=O)(=O)[O-])cc7cc(Nc8ccc(NC(=O)OCCOC)cc8)ccc7c6O)c(OCC(=O)O)c5)cc4OCC(=O)O)c(S(=O)(=O)[O-])cc3c2)cc1.[Na+].[Na+]. The monoisotopic (exact) mass is 1260 g/mol. The molecule has 446 valence electrons. The topological polar surface area (TPSA) is 417 Å². The van der Waals surface area contributed by atoms with Gasteiger partial charge in [0, 0.05) is 59.1 Å². The van der Waals surface area contributed by atoms with Gasteiger partial charge < -0.3 is 68.6 Å². The van der Waals surface area contributed by atoms with Gasteiger partial charge in [0.25, 0.3) is 0 Å². The molecule has 8 aromatic carbocycles. The van der Waals surface area contributed by atoms with Crippen molar-refractivity contribution in [3.8, 4) is 34.1 Å². The number of carbonyl (C=O) groups is 4. The van der Waals surface area contributed by atoms with Gasteiger partial charge in [-0.05, 0) is 143 Å². The third-order valence-electron chi connectivity index (χ3n) is 12.0. The summed E-state index contributed by atoms with van der Waals surface area (Å²) in [6.45, 7) is -1.34. The zero-order valence-corrected chi connectivity index (χ0v) is 52.5. The predicted octanol–water partition coefficient (Wildman–Crippen LogP) is 4.52. The van der Waals surface area contributed by atoms with Crippen LogP contribution in [0.25, 0.3) is 32.7 Å². The molecule has 32 heteroatoms. The molecule has 0 radical (unpaired) electrons. The van der Waals surface area contributed by atoms with E-state index in [4.69, 9.17) is 28.4 Å². The van der Waals surface area contributed by atoms with Crippen LogP contribution >= 0.6 is 0 Å². The maximum Gasteiger partial charge on any atom is 1.00 e. The summed E-state index contributed by atoms with van der Waals surface area (Å²) in [6.07, 6.45) is -1.38. The zero-order valence-electron chi connectivity index (χ0n) is 46.9. The summed E-state index contributed by atoms with van der Waals surface area (Å²) in [7, 11) is -7.81. The molecule has 8 N–H and O–H groups in total. The molecule has 2 amide bonds. The Morgan fingerprint density at radius 3 is 1.16 bits per heavy atom. The number of azo groups is 2. The number of phenols is 2. The van der Waals surface area contributed by atoms with Crippen LogP contribution in [0.4, 0.5) is 66.5 Å². The Morgan fingerprint density at radius 1 is 0.466 bits per heavy atom. The number of rotatable bonds is 25. The molecule has 0 bridgehead atoms. The molecule has 0 aliphatic heterocycles. The van der Waals surface area contributed by atoms with Crippen molar-refractivity contribution in [3.05, 3.63) is 133 Å². The number of carbonyl (C=O) groups excluding carboxylic acids is 2. The summed E-state index contributed by atoms with van der Waals surface area (Å²) in [4.78, 5) is 45.5. The molecule has 0 unspecified atom stereocenters. The number of nitrogens with one attached hydrogen (secondary N) is 4. The van der Waals surface area contributed by atoms with E-state index < -0.39 is 90.2 Å². The Kier molecular flexibility index (Phi) is 24.1. The van der Waals surface area contributed by atoms with E-state index in [0.717, 1.165) is 12.1 Å². The number of aliphatic carboxylic acids is 2. The molecule has 8 aromatic rings. The number of hydrogen-bond donors (Lipinski definition) is 8. The quantitative estimate of drug-likeness (QED) is 0.0169. The van der Waals surface area contributed by atoms with Gasteiger partial charge in [0.15, 0.2) is 24.7 Å². The molecule has 0 aromatic heterocycles. The first kappa shape index (κ1) is 68.6. The van der Waals surface area contributed by atoms with Crippen LogP contribution in [0.1, 0.15) is 0 Å². The summed E-state index contributed by atoms with van der Waals surface area (Å²) < 4.78 is 107. The van der Waals surface area contributed by atoms with Gasteiger partial charge in [-0.1, -0.05) is 12.1 Å². The molecule has 0 saturated heterocycles. The second kappa shape index (κ2) is 30.9. The van der Waals surface area contributed by atoms with E-state index in [1.165, 1.54) is 87.0 Å². The smallest absolute Gasteiger partial charge is 0.744 e. The maximum absolute atomic E-state index is 12.7. The van der Waals surface area contributed by atoms with Gasteiger partial charge in [-0.2, -0.15) is 0 Å². The first-order valence-electron chi connectivity index (χ1n) is 25.0. The van der Waals surface area contributed by atoms with Crippen molar-refractivity contribution in [1.29, 1.82) is 0 Å². The van der Waals surface area contributed by atoms with E-state index in [2.05, 4.69) is 41.7 Å². The number of methoxy groups -OCH3 is 2. The van der Waals surface area contributed by atoms with Crippen LogP contribution in [-0.2, 0) is 48.8 Å². The van der Waals surface area contributed by atoms with Crippen molar-refractivity contribution in [2.24, 2.45) is 20.5 Å². The van der Waals surface area contributed by atoms with Gasteiger partial charge in [0.2, 0.25) is 0 Å². The van der Waals surface area contributed by atoms with Crippen molar-refractivity contribution in [2.75, 3.05) is 75.1 Å². The minimum atomic E-state index is -5.37. The van der Waals surface area contributed by atoms with Crippen molar-refractivity contribution in [3.63, 3.8) is 0 Å². The molecule has 0 aliphatic rings. The summed E-state index contributed by atoms with van der Waals surface area (Å²) >= 11 is 0. The number of anilines is 6. The Morgan fingerprint density at radius 2 is 0.818 bits per heavy atom. The van der Waals surface area contributed by atoms with Crippen LogP contribution in [0, 0.1) is 0 Å². The van der Waals surface area contributed by atoms with Gasteiger partial charge in [0.05, 0.1) is 23.0 Å². The molecule has 28 nitrogen and oxygen atoms in total. The van der Waals surface area contributed by atoms with Crippen molar-refractivity contribution >= 4 is 123 Å².